The molecule has 21 heavy (non-hydrogen) atoms. The molecule has 0 bridgehead atoms. The number of benzene rings is 1. The molecule has 0 amide bonds. The van der Waals surface area contributed by atoms with Crippen molar-refractivity contribution in [1.29, 1.82) is 0 Å². The van der Waals surface area contributed by atoms with Crippen molar-refractivity contribution in [1.82, 2.24) is 0 Å². The fraction of sp³-hybridized carbons (Fsp3) is 0.562. The summed E-state index contributed by atoms with van der Waals surface area (Å²) in [6.07, 6.45) is 2.90. The van der Waals surface area contributed by atoms with Crippen molar-refractivity contribution in [2.45, 2.75) is 38.5 Å². The molecule has 0 radical (unpaired) electrons. The van der Waals surface area contributed by atoms with Gasteiger partial charge in [-0.25, -0.2) is 0 Å². The van der Waals surface area contributed by atoms with Crippen LogP contribution in [0.4, 0.5) is 0 Å². The maximum absolute atomic E-state index is 11.2. The Morgan fingerprint density at radius 3 is 2.52 bits per heavy atom. The predicted octanol–water partition coefficient (Wildman–Crippen LogP) is 3.89. The summed E-state index contributed by atoms with van der Waals surface area (Å²) in [4.78, 5) is 11.2. The van der Waals surface area contributed by atoms with Crippen molar-refractivity contribution in [3.63, 3.8) is 0 Å². The number of halogens is 1. The Morgan fingerprint density at radius 1 is 1.43 bits per heavy atom. The van der Waals surface area contributed by atoms with E-state index in [-0.39, 0.29) is 12.3 Å². The van der Waals surface area contributed by atoms with Gasteiger partial charge in [0, 0.05) is 11.5 Å². The topological polar surface area (TPSA) is 55.8 Å². The molecule has 1 aliphatic carbocycles. The Morgan fingerprint density at radius 2 is 2.10 bits per heavy atom. The summed E-state index contributed by atoms with van der Waals surface area (Å²) in [7, 11) is 3.15. The molecule has 4 nitrogen and oxygen atoms in total. The van der Waals surface area contributed by atoms with E-state index in [1.165, 1.54) is 0 Å². The number of hydrogen-bond donors (Lipinski definition) is 1. The van der Waals surface area contributed by atoms with Crippen LogP contribution in [0, 0.1) is 5.92 Å². The fourth-order valence-corrected chi connectivity index (χ4v) is 3.25. The third kappa shape index (κ3) is 3.26. The zero-order valence-corrected chi connectivity index (χ0v) is 13.4. The van der Waals surface area contributed by atoms with Gasteiger partial charge in [-0.3, -0.25) is 4.79 Å². The van der Waals surface area contributed by atoms with Crippen LogP contribution in [-0.2, 0) is 11.2 Å². The van der Waals surface area contributed by atoms with Crippen LogP contribution in [0.25, 0.3) is 0 Å². The molecule has 1 atom stereocenters. The summed E-state index contributed by atoms with van der Waals surface area (Å²) in [6.45, 7) is 2.01. The van der Waals surface area contributed by atoms with Gasteiger partial charge in [0.1, 0.15) is 0 Å². The first-order valence-corrected chi connectivity index (χ1v) is 7.56. The monoisotopic (exact) mass is 312 g/mol. The third-order valence-corrected chi connectivity index (χ3v) is 4.50. The van der Waals surface area contributed by atoms with Gasteiger partial charge in [-0.05, 0) is 36.8 Å². The SMILES string of the molecule is CCc1cc(OC)c(OC)c(C(CC(=O)O)C2CC2)c1Cl. The molecule has 0 heterocycles. The summed E-state index contributed by atoms with van der Waals surface area (Å²) in [5.74, 6) is 0.614. The molecule has 1 aliphatic rings. The molecule has 0 spiro atoms. The molecular weight excluding hydrogens is 292 g/mol. The van der Waals surface area contributed by atoms with E-state index in [4.69, 9.17) is 21.1 Å². The summed E-state index contributed by atoms with van der Waals surface area (Å²) in [5, 5.41) is 9.83. The van der Waals surface area contributed by atoms with Crippen LogP contribution in [-0.4, -0.2) is 25.3 Å². The van der Waals surface area contributed by atoms with Gasteiger partial charge < -0.3 is 14.6 Å². The first kappa shape index (κ1) is 16.0. The minimum Gasteiger partial charge on any atom is -0.493 e. The standard InChI is InChI=1S/C16H21ClO4/c1-4-9-7-12(20-2)16(21-3)14(15(9)17)11(8-13(18)19)10-5-6-10/h7,10-11H,4-6,8H2,1-3H3,(H,18,19). The van der Waals surface area contributed by atoms with Gasteiger partial charge in [0.15, 0.2) is 11.5 Å². The van der Waals surface area contributed by atoms with E-state index in [0.717, 1.165) is 30.4 Å². The van der Waals surface area contributed by atoms with Crippen molar-refractivity contribution in [2.75, 3.05) is 14.2 Å². The van der Waals surface area contributed by atoms with Crippen molar-refractivity contribution in [2.24, 2.45) is 5.92 Å². The van der Waals surface area contributed by atoms with Gasteiger partial charge in [0.2, 0.25) is 0 Å². The van der Waals surface area contributed by atoms with Crippen molar-refractivity contribution in [3.8, 4) is 11.5 Å². The molecule has 2 rings (SSSR count). The van der Waals surface area contributed by atoms with Crippen LogP contribution in [0.3, 0.4) is 0 Å². The third-order valence-electron chi connectivity index (χ3n) is 4.05. The van der Waals surface area contributed by atoms with Crippen LogP contribution < -0.4 is 9.47 Å². The van der Waals surface area contributed by atoms with E-state index in [0.29, 0.717) is 22.4 Å². The van der Waals surface area contributed by atoms with Gasteiger partial charge in [-0.15, -0.1) is 0 Å². The maximum Gasteiger partial charge on any atom is 0.303 e. The Hall–Kier alpha value is -1.42. The molecule has 1 unspecified atom stereocenters. The first-order valence-electron chi connectivity index (χ1n) is 7.18. The lowest BCUT2D eigenvalue weighted by atomic mass is 9.88. The number of aryl methyl sites for hydroxylation is 1. The van der Waals surface area contributed by atoms with Gasteiger partial charge in [-0.1, -0.05) is 18.5 Å². The minimum atomic E-state index is -0.814. The Labute approximate surface area is 130 Å². The number of carboxylic acid groups (broad SMARTS) is 1. The summed E-state index contributed by atoms with van der Waals surface area (Å²) in [6, 6.07) is 1.87. The van der Waals surface area contributed by atoms with E-state index in [1.54, 1.807) is 14.2 Å². The molecule has 1 aromatic rings. The number of aliphatic carboxylic acids is 1. The van der Waals surface area contributed by atoms with Crippen LogP contribution in [0.2, 0.25) is 5.02 Å². The summed E-state index contributed by atoms with van der Waals surface area (Å²) in [5.41, 5.74) is 1.75. The van der Waals surface area contributed by atoms with Crippen LogP contribution in [0.5, 0.6) is 11.5 Å². The van der Waals surface area contributed by atoms with Crippen molar-refractivity contribution >= 4 is 17.6 Å². The Kier molecular flexibility index (Phi) is 4.99. The van der Waals surface area contributed by atoms with Gasteiger partial charge >= 0.3 is 5.97 Å². The molecule has 5 heteroatoms. The van der Waals surface area contributed by atoms with E-state index < -0.39 is 5.97 Å². The molecule has 1 aromatic carbocycles. The molecule has 0 aromatic heterocycles. The number of carbonyl (C=O) groups is 1. The second-order valence-corrected chi connectivity index (χ2v) is 5.77. The number of ether oxygens (including phenoxy) is 2. The van der Waals surface area contributed by atoms with E-state index in [2.05, 4.69) is 0 Å². The lowest BCUT2D eigenvalue weighted by Gasteiger charge is -2.23. The highest BCUT2D eigenvalue weighted by atomic mass is 35.5. The van der Waals surface area contributed by atoms with E-state index >= 15 is 0 Å². The highest BCUT2D eigenvalue weighted by Crippen LogP contribution is 2.52. The van der Waals surface area contributed by atoms with Crippen molar-refractivity contribution in [3.05, 3.63) is 22.2 Å². The lowest BCUT2D eigenvalue weighted by Crippen LogP contribution is -2.12. The van der Waals surface area contributed by atoms with Crippen molar-refractivity contribution < 1.29 is 19.4 Å². The number of hydrogen-bond acceptors (Lipinski definition) is 3. The highest BCUT2D eigenvalue weighted by molar-refractivity contribution is 6.32. The molecular formula is C16H21ClO4. The number of carboxylic acids is 1. The minimum absolute atomic E-state index is 0.0665. The van der Waals surface area contributed by atoms with Crippen LogP contribution in [0.15, 0.2) is 6.07 Å². The predicted molar refractivity (Wildman–Crippen MR) is 81.7 cm³/mol. The summed E-state index contributed by atoms with van der Waals surface area (Å²) >= 11 is 6.54. The maximum atomic E-state index is 11.2. The number of methoxy groups -OCH3 is 2. The molecule has 0 aliphatic heterocycles. The Balaban J connectivity index is 2.59. The highest BCUT2D eigenvalue weighted by Gasteiger charge is 2.38. The second-order valence-electron chi connectivity index (χ2n) is 5.39. The largest absolute Gasteiger partial charge is 0.493 e. The molecule has 1 N–H and O–H groups in total. The summed E-state index contributed by atoms with van der Waals surface area (Å²) < 4.78 is 10.9. The van der Waals surface area contributed by atoms with Gasteiger partial charge in [0.05, 0.1) is 25.7 Å². The number of rotatable bonds is 7. The van der Waals surface area contributed by atoms with Crippen LogP contribution in [0.1, 0.15) is 43.2 Å². The zero-order chi connectivity index (χ0) is 15.6. The molecule has 116 valence electrons. The smallest absolute Gasteiger partial charge is 0.303 e. The van der Waals surface area contributed by atoms with E-state index in [1.807, 2.05) is 13.0 Å². The quantitative estimate of drug-likeness (QED) is 0.830. The lowest BCUT2D eigenvalue weighted by molar-refractivity contribution is -0.137. The van der Waals surface area contributed by atoms with Crippen LogP contribution >= 0.6 is 11.6 Å². The average Bonchev–Trinajstić information content (AvgIpc) is 3.28. The van der Waals surface area contributed by atoms with Gasteiger partial charge in [0.25, 0.3) is 0 Å². The molecule has 1 saturated carbocycles. The second kappa shape index (κ2) is 6.56. The first-order chi connectivity index (χ1) is 10.0. The zero-order valence-electron chi connectivity index (χ0n) is 12.6. The fourth-order valence-electron chi connectivity index (χ4n) is 2.83. The molecule has 0 saturated heterocycles. The molecule has 1 fully saturated rings. The van der Waals surface area contributed by atoms with Gasteiger partial charge in [-0.2, -0.15) is 0 Å². The normalized spacial score (nSPS) is 15.6. The Bertz CT molecular complexity index is 538. The van der Waals surface area contributed by atoms with E-state index in [9.17, 15) is 9.90 Å². The average molecular weight is 313 g/mol.